The van der Waals surface area contributed by atoms with Crippen molar-refractivity contribution >= 4 is 28.6 Å². The van der Waals surface area contributed by atoms with Crippen LogP contribution in [0.4, 0.5) is 0 Å². The first-order chi connectivity index (χ1) is 18.5. The molecule has 2 fully saturated rings. The number of terminal acetylenes is 1. The summed E-state index contributed by atoms with van der Waals surface area (Å²) in [6, 6.07) is 15.2. The van der Waals surface area contributed by atoms with Gasteiger partial charge in [0.2, 0.25) is 17.7 Å². The van der Waals surface area contributed by atoms with Crippen LogP contribution in [0.1, 0.15) is 30.4 Å². The highest BCUT2D eigenvalue weighted by Crippen LogP contribution is 2.23. The number of aromatic amines is 1. The number of carbonyl (C=O) groups is 3. The summed E-state index contributed by atoms with van der Waals surface area (Å²) in [5.41, 5.74) is 2.81. The van der Waals surface area contributed by atoms with Crippen LogP contribution in [0, 0.1) is 12.3 Å². The molecule has 3 aromatic rings. The third kappa shape index (κ3) is 5.58. The first kappa shape index (κ1) is 25.6. The molecule has 3 heterocycles. The van der Waals surface area contributed by atoms with Gasteiger partial charge in [-0.25, -0.2) is 0 Å². The van der Waals surface area contributed by atoms with Gasteiger partial charge in [-0.2, -0.15) is 0 Å². The number of para-hydroxylation sites is 1. The van der Waals surface area contributed by atoms with Crippen LogP contribution in [0.2, 0.25) is 0 Å². The summed E-state index contributed by atoms with van der Waals surface area (Å²) in [6.07, 6.45) is 10.1. The molecule has 4 atom stereocenters. The van der Waals surface area contributed by atoms with Gasteiger partial charge in [0.1, 0.15) is 12.1 Å². The number of nitrogens with zero attached hydrogens (tertiary/aromatic N) is 1. The van der Waals surface area contributed by atoms with Crippen LogP contribution in [0.5, 0.6) is 0 Å². The zero-order valence-electron chi connectivity index (χ0n) is 21.3. The molecule has 3 amide bonds. The van der Waals surface area contributed by atoms with E-state index in [4.69, 9.17) is 6.42 Å². The van der Waals surface area contributed by atoms with Crippen molar-refractivity contribution in [2.75, 3.05) is 13.1 Å². The van der Waals surface area contributed by atoms with Crippen molar-refractivity contribution in [3.63, 3.8) is 0 Å². The number of rotatable bonds is 5. The van der Waals surface area contributed by atoms with E-state index in [0.717, 1.165) is 28.5 Å². The zero-order chi connectivity index (χ0) is 26.5. The Labute approximate surface area is 222 Å². The van der Waals surface area contributed by atoms with Gasteiger partial charge in [-0.05, 0) is 36.6 Å². The third-order valence-electron chi connectivity index (χ3n) is 7.58. The van der Waals surface area contributed by atoms with E-state index in [1.807, 2.05) is 60.8 Å². The molecule has 5 rings (SSSR count). The number of benzene rings is 2. The van der Waals surface area contributed by atoms with Gasteiger partial charge in [-0.1, -0.05) is 48.5 Å². The summed E-state index contributed by atoms with van der Waals surface area (Å²) in [7, 11) is 0. The summed E-state index contributed by atoms with van der Waals surface area (Å²) in [5.74, 6) is 1.88. The predicted octanol–water partition coefficient (Wildman–Crippen LogP) is 1.91. The van der Waals surface area contributed by atoms with Crippen LogP contribution in [0.3, 0.4) is 0 Å². The predicted molar refractivity (Wildman–Crippen MR) is 146 cm³/mol. The van der Waals surface area contributed by atoms with E-state index >= 15 is 0 Å². The highest BCUT2D eigenvalue weighted by molar-refractivity contribution is 5.94. The molecule has 0 radical (unpaired) electrons. The zero-order valence-corrected chi connectivity index (χ0v) is 21.3. The second-order valence-corrected chi connectivity index (χ2v) is 10.1. The second-order valence-electron chi connectivity index (χ2n) is 10.1. The fourth-order valence-corrected chi connectivity index (χ4v) is 5.62. The lowest BCUT2D eigenvalue weighted by Crippen LogP contribution is -2.60. The van der Waals surface area contributed by atoms with Gasteiger partial charge < -0.3 is 20.9 Å². The van der Waals surface area contributed by atoms with Gasteiger partial charge in [0, 0.05) is 48.9 Å². The van der Waals surface area contributed by atoms with Crippen LogP contribution in [-0.4, -0.2) is 64.9 Å². The Bertz CT molecular complexity index is 1340. The smallest absolute Gasteiger partial charge is 0.243 e. The van der Waals surface area contributed by atoms with E-state index in [1.54, 1.807) is 0 Å². The Kier molecular flexibility index (Phi) is 7.75. The second kappa shape index (κ2) is 11.5. The van der Waals surface area contributed by atoms with Crippen molar-refractivity contribution in [2.45, 2.75) is 56.3 Å². The minimum Gasteiger partial charge on any atom is -0.361 e. The molecule has 0 aliphatic carbocycles. The third-order valence-corrected chi connectivity index (χ3v) is 7.58. The molecule has 0 bridgehead atoms. The number of fused-ring (bicyclic) bond motifs is 2. The Morgan fingerprint density at radius 3 is 2.45 bits per heavy atom. The first-order valence-electron chi connectivity index (χ1n) is 13.2. The van der Waals surface area contributed by atoms with Gasteiger partial charge in [0.25, 0.3) is 0 Å². The lowest BCUT2D eigenvalue weighted by Gasteiger charge is -2.34. The fraction of sp³-hybridized carbons (Fsp3) is 0.367. The number of nitrogens with one attached hydrogen (secondary N) is 4. The highest BCUT2D eigenvalue weighted by Gasteiger charge is 2.38. The van der Waals surface area contributed by atoms with Gasteiger partial charge in [-0.3, -0.25) is 19.3 Å². The van der Waals surface area contributed by atoms with Crippen LogP contribution in [-0.2, 0) is 27.2 Å². The standard InChI is InChI=1S/C30H33N5O3/c1-2-9-22-19-32-28(36)26(17-21-18-31-24-13-7-6-12-23(21)24)33-29(37)25(16-20-10-4-3-5-11-20)34-30(38)27-14-8-15-35(22)27/h1,3-7,10-13,18,22,25-27,31H,8-9,14-17,19H2,(H,32,36)(H,33,37)(H,34,38)/t22?,25-,26-,27+/m0/s1. The van der Waals surface area contributed by atoms with Crippen LogP contribution >= 0.6 is 0 Å². The quantitative estimate of drug-likeness (QED) is 0.393. The maximum atomic E-state index is 13.6. The normalized spacial score (nSPS) is 24.9. The number of carbonyl (C=O) groups excluding carboxylic acids is 3. The summed E-state index contributed by atoms with van der Waals surface area (Å²) >= 11 is 0. The first-order valence-corrected chi connectivity index (χ1v) is 13.2. The highest BCUT2D eigenvalue weighted by atomic mass is 16.2. The van der Waals surface area contributed by atoms with Gasteiger partial charge in [0.15, 0.2) is 0 Å². The molecule has 4 N–H and O–H groups in total. The molecule has 1 unspecified atom stereocenters. The van der Waals surface area contributed by atoms with Crippen LogP contribution in [0.25, 0.3) is 10.9 Å². The molecule has 2 aromatic carbocycles. The summed E-state index contributed by atoms with van der Waals surface area (Å²) in [5, 5.41) is 9.99. The van der Waals surface area contributed by atoms with Gasteiger partial charge in [-0.15, -0.1) is 12.3 Å². The largest absolute Gasteiger partial charge is 0.361 e. The summed E-state index contributed by atoms with van der Waals surface area (Å²) in [6.45, 7) is 1.02. The average molecular weight is 512 g/mol. The summed E-state index contributed by atoms with van der Waals surface area (Å²) < 4.78 is 0. The maximum absolute atomic E-state index is 13.6. The number of H-pyrrole nitrogens is 1. The maximum Gasteiger partial charge on any atom is 0.243 e. The van der Waals surface area contributed by atoms with Crippen molar-refractivity contribution in [1.82, 2.24) is 25.8 Å². The van der Waals surface area contributed by atoms with E-state index in [2.05, 4.69) is 31.8 Å². The van der Waals surface area contributed by atoms with E-state index in [-0.39, 0.29) is 23.8 Å². The van der Waals surface area contributed by atoms with Crippen LogP contribution in [0.15, 0.2) is 60.8 Å². The van der Waals surface area contributed by atoms with Crippen molar-refractivity contribution in [1.29, 1.82) is 0 Å². The molecule has 8 nitrogen and oxygen atoms in total. The molecule has 0 saturated carbocycles. The molecule has 1 aromatic heterocycles. The average Bonchev–Trinajstić information content (AvgIpc) is 3.58. The molecule has 2 saturated heterocycles. The number of aromatic nitrogens is 1. The Morgan fingerprint density at radius 1 is 0.895 bits per heavy atom. The van der Waals surface area contributed by atoms with Crippen molar-refractivity contribution < 1.29 is 14.4 Å². The monoisotopic (exact) mass is 511 g/mol. The Morgan fingerprint density at radius 2 is 1.63 bits per heavy atom. The van der Waals surface area contributed by atoms with Gasteiger partial charge in [0.05, 0.1) is 6.04 Å². The molecule has 2 aliphatic heterocycles. The van der Waals surface area contributed by atoms with E-state index in [0.29, 0.717) is 38.8 Å². The number of hydrogen-bond acceptors (Lipinski definition) is 4. The minimum atomic E-state index is -0.823. The Hall–Kier alpha value is -4.09. The molecule has 0 spiro atoms. The molecule has 196 valence electrons. The molecular weight excluding hydrogens is 478 g/mol. The lowest BCUT2D eigenvalue weighted by molar-refractivity contribution is -0.134. The van der Waals surface area contributed by atoms with Crippen molar-refractivity contribution in [3.05, 3.63) is 71.9 Å². The topological polar surface area (TPSA) is 106 Å². The molecule has 38 heavy (non-hydrogen) atoms. The van der Waals surface area contributed by atoms with Gasteiger partial charge >= 0.3 is 0 Å². The SMILES string of the molecule is C#CCC1CNC(=O)[C@H](Cc2c[nH]c3ccccc23)NC(=O)[C@H](Cc2ccccc2)NC(=O)[C@H]2CCCN12. The Balaban J connectivity index is 1.46. The fourth-order valence-electron chi connectivity index (χ4n) is 5.62. The van der Waals surface area contributed by atoms with Crippen LogP contribution < -0.4 is 16.0 Å². The molecular formula is C30H33N5O3. The van der Waals surface area contributed by atoms with E-state index in [9.17, 15) is 14.4 Å². The van der Waals surface area contributed by atoms with Crippen molar-refractivity contribution in [3.8, 4) is 12.3 Å². The lowest BCUT2D eigenvalue weighted by atomic mass is 10.0. The minimum absolute atomic E-state index is 0.168. The van der Waals surface area contributed by atoms with E-state index < -0.39 is 18.1 Å². The van der Waals surface area contributed by atoms with E-state index in [1.165, 1.54) is 0 Å². The molecule has 2 aliphatic rings. The number of hydrogen-bond donors (Lipinski definition) is 4. The molecule has 8 heteroatoms. The van der Waals surface area contributed by atoms with Crippen molar-refractivity contribution in [2.24, 2.45) is 0 Å². The summed E-state index contributed by atoms with van der Waals surface area (Å²) in [4.78, 5) is 46.0. The number of amides is 3.